The fourth-order valence-electron chi connectivity index (χ4n) is 4.20. The third-order valence-corrected chi connectivity index (χ3v) is 5.86. The van der Waals surface area contributed by atoms with Crippen molar-refractivity contribution in [1.82, 2.24) is 14.9 Å². The van der Waals surface area contributed by atoms with Crippen LogP contribution in [0.2, 0.25) is 0 Å². The predicted molar refractivity (Wildman–Crippen MR) is 117 cm³/mol. The molecule has 0 spiro atoms. The first-order chi connectivity index (χ1) is 15.1. The highest BCUT2D eigenvalue weighted by Crippen LogP contribution is 2.30. The van der Waals surface area contributed by atoms with Crippen LogP contribution in [0.15, 0.2) is 24.4 Å². The zero-order valence-electron chi connectivity index (χ0n) is 18.5. The van der Waals surface area contributed by atoms with Gasteiger partial charge in [-0.2, -0.15) is 0 Å². The second-order valence-electron chi connectivity index (χ2n) is 8.04. The molecule has 0 aliphatic carbocycles. The number of aromatic nitrogens is 2. The lowest BCUT2D eigenvalue weighted by Gasteiger charge is -2.33. The lowest BCUT2D eigenvalue weighted by atomic mass is 10.1. The van der Waals surface area contributed by atoms with Gasteiger partial charge >= 0.3 is 0 Å². The lowest BCUT2D eigenvalue weighted by Crippen LogP contribution is -2.39. The van der Waals surface area contributed by atoms with Gasteiger partial charge in [0.25, 0.3) is 5.91 Å². The molecule has 0 N–H and O–H groups in total. The number of hydrogen-bond acceptors (Lipinski definition) is 7. The molecule has 1 amide bonds. The zero-order chi connectivity index (χ0) is 21.8. The Morgan fingerprint density at radius 3 is 2.68 bits per heavy atom. The van der Waals surface area contributed by atoms with Gasteiger partial charge in [-0.15, -0.1) is 0 Å². The molecule has 0 saturated carbocycles. The molecular formula is C23H30N4O4. The Kier molecular flexibility index (Phi) is 6.56. The number of piperidine rings is 1. The fraction of sp³-hybridized carbons (Fsp3) is 0.522. The van der Waals surface area contributed by atoms with Gasteiger partial charge in [-0.05, 0) is 31.0 Å². The van der Waals surface area contributed by atoms with Gasteiger partial charge in [0, 0.05) is 52.3 Å². The summed E-state index contributed by atoms with van der Waals surface area (Å²) in [7, 11) is 3.28. The van der Waals surface area contributed by atoms with Crippen molar-refractivity contribution in [3.05, 3.63) is 41.2 Å². The maximum absolute atomic E-state index is 12.7. The minimum absolute atomic E-state index is 0.0773. The first-order valence-electron chi connectivity index (χ1n) is 10.8. The number of fused-ring (bicyclic) bond motifs is 1. The standard InChI is InChI=1S/C23H30N4O4/c1-16-13-19-20(15-27(23(19)28)9-4-12-29-2)25-22(16)26-10-7-17(8-11-26)31-18-5-6-21(30-3)24-14-18/h5-6,13-14,17H,4,7-12,15H2,1-3H3. The average molecular weight is 427 g/mol. The van der Waals surface area contributed by atoms with Crippen LogP contribution in [0.5, 0.6) is 11.6 Å². The molecule has 2 aromatic rings. The lowest BCUT2D eigenvalue weighted by molar-refractivity contribution is 0.0759. The van der Waals surface area contributed by atoms with Crippen LogP contribution in [0.1, 0.15) is 40.9 Å². The Morgan fingerprint density at radius 1 is 1.19 bits per heavy atom. The summed E-state index contributed by atoms with van der Waals surface area (Å²) in [5.74, 6) is 2.40. The highest BCUT2D eigenvalue weighted by molar-refractivity contribution is 5.98. The Balaban J connectivity index is 1.37. The zero-order valence-corrected chi connectivity index (χ0v) is 18.5. The molecule has 1 saturated heterocycles. The highest BCUT2D eigenvalue weighted by Gasteiger charge is 2.31. The number of aryl methyl sites for hydroxylation is 1. The van der Waals surface area contributed by atoms with Gasteiger partial charge in [-0.3, -0.25) is 4.79 Å². The van der Waals surface area contributed by atoms with Crippen molar-refractivity contribution in [2.24, 2.45) is 0 Å². The molecule has 4 heterocycles. The number of ether oxygens (including phenoxy) is 3. The van der Waals surface area contributed by atoms with Crippen LogP contribution in [-0.2, 0) is 11.3 Å². The second kappa shape index (κ2) is 9.51. The minimum atomic E-state index is 0.0773. The van der Waals surface area contributed by atoms with Crippen LogP contribution < -0.4 is 14.4 Å². The molecule has 2 aliphatic rings. The normalized spacial score (nSPS) is 16.5. The molecule has 0 radical (unpaired) electrons. The molecule has 2 aromatic heterocycles. The Morgan fingerprint density at radius 2 is 2.00 bits per heavy atom. The summed E-state index contributed by atoms with van der Waals surface area (Å²) in [6, 6.07) is 5.70. The van der Waals surface area contributed by atoms with E-state index in [9.17, 15) is 4.79 Å². The second-order valence-corrected chi connectivity index (χ2v) is 8.04. The maximum atomic E-state index is 12.7. The van der Waals surface area contributed by atoms with Crippen LogP contribution in [0.4, 0.5) is 5.82 Å². The van der Waals surface area contributed by atoms with Gasteiger partial charge < -0.3 is 24.0 Å². The van der Waals surface area contributed by atoms with E-state index in [-0.39, 0.29) is 12.0 Å². The van der Waals surface area contributed by atoms with E-state index in [1.165, 1.54) is 0 Å². The molecule has 2 aliphatic heterocycles. The van der Waals surface area contributed by atoms with Gasteiger partial charge in [-0.1, -0.05) is 0 Å². The molecule has 4 rings (SSSR count). The minimum Gasteiger partial charge on any atom is -0.489 e. The van der Waals surface area contributed by atoms with Crippen molar-refractivity contribution in [2.75, 3.05) is 45.4 Å². The summed E-state index contributed by atoms with van der Waals surface area (Å²) in [6.07, 6.45) is 4.50. The van der Waals surface area contributed by atoms with E-state index >= 15 is 0 Å². The van der Waals surface area contributed by atoms with Crippen molar-refractivity contribution >= 4 is 11.7 Å². The molecule has 8 heteroatoms. The first kappa shape index (κ1) is 21.4. The van der Waals surface area contributed by atoms with E-state index in [2.05, 4.69) is 9.88 Å². The van der Waals surface area contributed by atoms with Crippen molar-refractivity contribution in [1.29, 1.82) is 0 Å². The molecule has 8 nitrogen and oxygen atoms in total. The van der Waals surface area contributed by atoms with Gasteiger partial charge in [0.1, 0.15) is 17.7 Å². The van der Waals surface area contributed by atoms with Gasteiger partial charge in [0.15, 0.2) is 0 Å². The van der Waals surface area contributed by atoms with E-state index in [1.54, 1.807) is 20.4 Å². The van der Waals surface area contributed by atoms with Crippen LogP contribution in [0.25, 0.3) is 0 Å². The number of carbonyl (C=O) groups excluding carboxylic acids is 1. The summed E-state index contributed by atoms with van der Waals surface area (Å²) in [5.41, 5.74) is 2.67. The number of pyridine rings is 2. The molecule has 0 aromatic carbocycles. The van der Waals surface area contributed by atoms with Gasteiger partial charge in [0.05, 0.1) is 31.1 Å². The molecule has 0 atom stereocenters. The molecule has 31 heavy (non-hydrogen) atoms. The van der Waals surface area contributed by atoms with E-state index in [1.807, 2.05) is 30.0 Å². The Bertz CT molecular complexity index is 911. The molecule has 166 valence electrons. The molecular weight excluding hydrogens is 396 g/mol. The van der Waals surface area contributed by atoms with Crippen molar-refractivity contribution in [3.63, 3.8) is 0 Å². The summed E-state index contributed by atoms with van der Waals surface area (Å²) < 4.78 is 16.3. The van der Waals surface area contributed by atoms with Crippen LogP contribution in [0, 0.1) is 6.92 Å². The summed E-state index contributed by atoms with van der Waals surface area (Å²) in [4.78, 5) is 26.0. The van der Waals surface area contributed by atoms with E-state index in [0.29, 0.717) is 25.6 Å². The van der Waals surface area contributed by atoms with Crippen LogP contribution in [-0.4, -0.2) is 67.3 Å². The van der Waals surface area contributed by atoms with E-state index < -0.39 is 0 Å². The first-order valence-corrected chi connectivity index (χ1v) is 10.8. The Labute approximate surface area is 183 Å². The summed E-state index contributed by atoms with van der Waals surface area (Å²) >= 11 is 0. The topological polar surface area (TPSA) is 77.0 Å². The monoisotopic (exact) mass is 426 g/mol. The van der Waals surface area contributed by atoms with Crippen LogP contribution in [0.3, 0.4) is 0 Å². The number of methoxy groups -OCH3 is 2. The fourth-order valence-corrected chi connectivity index (χ4v) is 4.20. The summed E-state index contributed by atoms with van der Waals surface area (Å²) in [5, 5.41) is 0. The number of carbonyl (C=O) groups is 1. The SMILES string of the molecule is COCCCN1Cc2nc(N3CCC(Oc4ccc(OC)nc4)CC3)c(C)cc2C1=O. The number of nitrogens with zero attached hydrogens (tertiary/aromatic N) is 4. The van der Waals surface area contributed by atoms with E-state index in [4.69, 9.17) is 19.2 Å². The number of hydrogen-bond donors (Lipinski definition) is 0. The van der Waals surface area contributed by atoms with E-state index in [0.717, 1.165) is 60.7 Å². The van der Waals surface area contributed by atoms with Gasteiger partial charge in [0.2, 0.25) is 5.88 Å². The maximum Gasteiger partial charge on any atom is 0.256 e. The molecule has 0 bridgehead atoms. The van der Waals surface area contributed by atoms with Crippen molar-refractivity contribution < 1.29 is 19.0 Å². The summed E-state index contributed by atoms with van der Waals surface area (Å²) in [6.45, 7) is 5.70. The third-order valence-electron chi connectivity index (χ3n) is 5.86. The molecule has 1 fully saturated rings. The predicted octanol–water partition coefficient (Wildman–Crippen LogP) is 2.83. The van der Waals surface area contributed by atoms with Crippen LogP contribution >= 0.6 is 0 Å². The van der Waals surface area contributed by atoms with Crippen molar-refractivity contribution in [2.45, 2.75) is 38.8 Å². The molecule has 0 unspecified atom stereocenters. The number of anilines is 1. The third kappa shape index (κ3) is 4.74. The largest absolute Gasteiger partial charge is 0.489 e. The van der Waals surface area contributed by atoms with Gasteiger partial charge in [-0.25, -0.2) is 9.97 Å². The number of rotatable bonds is 8. The quantitative estimate of drug-likeness (QED) is 0.601. The highest BCUT2D eigenvalue weighted by atomic mass is 16.5. The average Bonchev–Trinajstić information content (AvgIpc) is 3.09. The number of amides is 1. The van der Waals surface area contributed by atoms with Crippen molar-refractivity contribution in [3.8, 4) is 11.6 Å². The Hall–Kier alpha value is -2.87. The smallest absolute Gasteiger partial charge is 0.256 e.